The van der Waals surface area contributed by atoms with Gasteiger partial charge in [0.15, 0.2) is 5.96 Å². The third-order valence-electron chi connectivity index (χ3n) is 4.66. The van der Waals surface area contributed by atoms with E-state index in [1.54, 1.807) is 0 Å². The predicted octanol–water partition coefficient (Wildman–Crippen LogP) is 3.52. The fraction of sp³-hybridized carbons (Fsp3) is 0.619. The highest BCUT2D eigenvalue weighted by atomic mass is 127. The van der Waals surface area contributed by atoms with E-state index in [1.807, 2.05) is 32.9 Å². The van der Waals surface area contributed by atoms with Crippen LogP contribution in [0.4, 0.5) is 0 Å². The third kappa shape index (κ3) is 8.67. The number of aliphatic imine (C=N–C) groups is 1. The van der Waals surface area contributed by atoms with Crippen LogP contribution in [0.1, 0.15) is 57.1 Å². The van der Waals surface area contributed by atoms with Crippen LogP contribution in [0.3, 0.4) is 0 Å². The lowest BCUT2D eigenvalue weighted by Gasteiger charge is -2.23. The largest absolute Gasteiger partial charge is 0.494 e. The summed E-state index contributed by atoms with van der Waals surface area (Å²) in [5.41, 5.74) is 2.20. The molecule has 1 saturated carbocycles. The molecule has 0 heterocycles. The summed E-state index contributed by atoms with van der Waals surface area (Å²) in [7, 11) is 0. The van der Waals surface area contributed by atoms with Gasteiger partial charge in [0.25, 0.3) is 0 Å². The molecule has 0 bridgehead atoms. The Kier molecular flexibility index (Phi) is 11.9. The van der Waals surface area contributed by atoms with E-state index in [4.69, 9.17) is 4.74 Å². The fourth-order valence-corrected chi connectivity index (χ4v) is 3.28. The van der Waals surface area contributed by atoms with Crippen LogP contribution in [0.15, 0.2) is 23.2 Å². The molecule has 0 unspecified atom stereocenters. The molecule has 2 rings (SSSR count). The summed E-state index contributed by atoms with van der Waals surface area (Å²) in [5.74, 6) is 1.53. The first-order valence-corrected chi connectivity index (χ1v) is 10.2. The Morgan fingerprint density at radius 3 is 2.61 bits per heavy atom. The van der Waals surface area contributed by atoms with Gasteiger partial charge in [0, 0.05) is 18.2 Å². The zero-order chi connectivity index (χ0) is 19.5. The van der Waals surface area contributed by atoms with Crippen LogP contribution >= 0.6 is 24.0 Å². The van der Waals surface area contributed by atoms with Crippen molar-refractivity contribution in [1.29, 1.82) is 0 Å². The van der Waals surface area contributed by atoms with Crippen molar-refractivity contribution < 1.29 is 9.53 Å². The van der Waals surface area contributed by atoms with Crippen LogP contribution in [0, 0.1) is 6.92 Å². The van der Waals surface area contributed by atoms with Gasteiger partial charge in [-0.1, -0.05) is 31.4 Å². The Labute approximate surface area is 186 Å². The molecule has 0 atom stereocenters. The normalized spacial score (nSPS) is 14.8. The lowest BCUT2D eigenvalue weighted by Crippen LogP contribution is -2.46. The lowest BCUT2D eigenvalue weighted by atomic mass is 9.95. The Morgan fingerprint density at radius 1 is 1.18 bits per heavy atom. The number of carbonyl (C=O) groups excluding carboxylic acids is 1. The molecule has 1 aromatic carbocycles. The second kappa shape index (κ2) is 13.6. The standard InChI is InChI=1S/C21H34N4O2.HI/c1-4-22-21(24-15-20(26)25-18-9-7-6-8-10-18)23-14-17-12-11-16(3)13-19(17)27-5-2;/h11-13,18H,4-10,14-15H2,1-3H3,(H,25,26)(H2,22,23,24);1H. The number of nitrogens with one attached hydrogen (secondary N) is 3. The van der Waals surface area contributed by atoms with E-state index in [2.05, 4.69) is 27.0 Å². The number of hydrogen-bond donors (Lipinski definition) is 3. The number of amides is 1. The summed E-state index contributed by atoms with van der Waals surface area (Å²) in [6.45, 7) is 8.13. The van der Waals surface area contributed by atoms with Gasteiger partial charge >= 0.3 is 0 Å². The van der Waals surface area contributed by atoms with Crippen LogP contribution in [-0.4, -0.2) is 37.6 Å². The van der Waals surface area contributed by atoms with Gasteiger partial charge in [-0.25, -0.2) is 4.99 Å². The minimum Gasteiger partial charge on any atom is -0.494 e. The molecule has 0 saturated heterocycles. The molecule has 0 aliphatic heterocycles. The molecule has 1 amide bonds. The van der Waals surface area contributed by atoms with E-state index < -0.39 is 0 Å². The molecule has 158 valence electrons. The minimum atomic E-state index is 0. The van der Waals surface area contributed by atoms with Crippen LogP contribution in [0.5, 0.6) is 5.75 Å². The Morgan fingerprint density at radius 2 is 1.93 bits per heavy atom. The average Bonchev–Trinajstić information content (AvgIpc) is 2.66. The highest BCUT2D eigenvalue weighted by Crippen LogP contribution is 2.21. The van der Waals surface area contributed by atoms with Crippen LogP contribution in [0.25, 0.3) is 0 Å². The number of carbonyl (C=O) groups is 1. The van der Waals surface area contributed by atoms with E-state index >= 15 is 0 Å². The van der Waals surface area contributed by atoms with Crippen LogP contribution in [-0.2, 0) is 11.3 Å². The molecule has 28 heavy (non-hydrogen) atoms. The summed E-state index contributed by atoms with van der Waals surface area (Å²) < 4.78 is 5.72. The van der Waals surface area contributed by atoms with Crippen molar-refractivity contribution in [2.75, 3.05) is 19.7 Å². The number of guanidine groups is 1. The maximum atomic E-state index is 12.2. The summed E-state index contributed by atoms with van der Waals surface area (Å²) in [4.78, 5) is 16.8. The number of ether oxygens (including phenoxy) is 1. The molecular weight excluding hydrogens is 467 g/mol. The van der Waals surface area contributed by atoms with Crippen LogP contribution < -0.4 is 20.7 Å². The van der Waals surface area contributed by atoms with E-state index in [9.17, 15) is 4.79 Å². The second-order valence-corrected chi connectivity index (χ2v) is 7.00. The molecule has 1 fully saturated rings. The molecule has 0 radical (unpaired) electrons. The Balaban J connectivity index is 0.00000392. The number of rotatable bonds is 8. The number of halogens is 1. The molecule has 7 heteroatoms. The van der Waals surface area contributed by atoms with Crippen molar-refractivity contribution in [3.8, 4) is 5.75 Å². The fourth-order valence-electron chi connectivity index (χ4n) is 3.28. The van der Waals surface area contributed by atoms with Crippen molar-refractivity contribution in [3.05, 3.63) is 29.3 Å². The molecule has 6 nitrogen and oxygen atoms in total. The van der Waals surface area contributed by atoms with E-state index in [0.717, 1.165) is 36.3 Å². The topological polar surface area (TPSA) is 74.8 Å². The van der Waals surface area contributed by atoms with Gasteiger partial charge in [0.1, 0.15) is 5.75 Å². The first kappa shape index (κ1) is 24.5. The zero-order valence-corrected chi connectivity index (χ0v) is 19.7. The first-order valence-electron chi connectivity index (χ1n) is 10.2. The van der Waals surface area contributed by atoms with Crippen molar-refractivity contribution in [2.45, 2.75) is 65.5 Å². The first-order chi connectivity index (χ1) is 13.1. The minimum absolute atomic E-state index is 0. The zero-order valence-electron chi connectivity index (χ0n) is 17.3. The molecule has 1 aliphatic carbocycles. The van der Waals surface area contributed by atoms with Gasteiger partial charge in [0.05, 0.1) is 19.7 Å². The molecule has 1 aromatic rings. The highest BCUT2D eigenvalue weighted by Gasteiger charge is 2.15. The van der Waals surface area contributed by atoms with Gasteiger partial charge < -0.3 is 20.7 Å². The maximum Gasteiger partial charge on any atom is 0.239 e. The third-order valence-corrected chi connectivity index (χ3v) is 4.66. The van der Waals surface area contributed by atoms with Gasteiger partial charge in [-0.2, -0.15) is 0 Å². The quantitative estimate of drug-likeness (QED) is 0.289. The number of nitrogens with zero attached hydrogens (tertiary/aromatic N) is 1. The SMILES string of the molecule is CCNC(=NCc1ccc(C)cc1OCC)NCC(=O)NC1CCCCC1.I. The Hall–Kier alpha value is -1.51. The summed E-state index contributed by atoms with van der Waals surface area (Å²) >= 11 is 0. The van der Waals surface area contributed by atoms with Crippen molar-refractivity contribution in [3.63, 3.8) is 0 Å². The average molecular weight is 502 g/mol. The van der Waals surface area contributed by atoms with Crippen LogP contribution in [0.2, 0.25) is 0 Å². The molecular formula is C21H35IN4O2. The second-order valence-electron chi connectivity index (χ2n) is 7.00. The van der Waals surface area contributed by atoms with E-state index in [-0.39, 0.29) is 36.4 Å². The molecule has 3 N–H and O–H groups in total. The smallest absolute Gasteiger partial charge is 0.239 e. The van der Waals surface area contributed by atoms with Gasteiger partial charge in [-0.15, -0.1) is 24.0 Å². The number of benzene rings is 1. The van der Waals surface area contributed by atoms with Gasteiger partial charge in [0.2, 0.25) is 5.91 Å². The molecule has 0 aromatic heterocycles. The summed E-state index contributed by atoms with van der Waals surface area (Å²) in [6.07, 6.45) is 5.88. The summed E-state index contributed by atoms with van der Waals surface area (Å²) in [5, 5.41) is 9.44. The number of hydrogen-bond acceptors (Lipinski definition) is 3. The Bertz CT molecular complexity index is 631. The van der Waals surface area contributed by atoms with Crippen molar-refractivity contribution in [1.82, 2.24) is 16.0 Å². The summed E-state index contributed by atoms with van der Waals surface area (Å²) in [6, 6.07) is 6.47. The highest BCUT2D eigenvalue weighted by molar-refractivity contribution is 14.0. The van der Waals surface area contributed by atoms with Crippen molar-refractivity contribution >= 4 is 35.8 Å². The lowest BCUT2D eigenvalue weighted by molar-refractivity contribution is -0.120. The van der Waals surface area contributed by atoms with E-state index in [1.165, 1.54) is 19.3 Å². The monoisotopic (exact) mass is 502 g/mol. The maximum absolute atomic E-state index is 12.2. The van der Waals surface area contributed by atoms with Gasteiger partial charge in [-0.3, -0.25) is 4.79 Å². The van der Waals surface area contributed by atoms with Gasteiger partial charge in [-0.05, 0) is 45.2 Å². The van der Waals surface area contributed by atoms with E-state index in [0.29, 0.717) is 25.2 Å². The molecule has 0 spiro atoms. The molecule has 1 aliphatic rings. The predicted molar refractivity (Wildman–Crippen MR) is 126 cm³/mol. The number of aryl methyl sites for hydroxylation is 1. The van der Waals surface area contributed by atoms with Crippen molar-refractivity contribution in [2.24, 2.45) is 4.99 Å².